The quantitative estimate of drug-likeness (QED) is 0.923. The lowest BCUT2D eigenvalue weighted by atomic mass is 9.94. The molecule has 1 aromatic carbocycles. The summed E-state index contributed by atoms with van der Waals surface area (Å²) in [6.45, 7) is 1.56. The first kappa shape index (κ1) is 16.2. The monoisotopic (exact) mass is 339 g/mol. The highest BCUT2D eigenvalue weighted by molar-refractivity contribution is 5.94. The second-order valence-corrected chi connectivity index (χ2v) is 7.15. The number of H-pyrrole nitrogens is 1. The van der Waals surface area contributed by atoms with Crippen molar-refractivity contribution in [3.8, 4) is 5.75 Å². The van der Waals surface area contributed by atoms with Crippen LogP contribution in [0, 0.1) is 0 Å². The number of likely N-dealkylation sites (tertiary alicyclic amines) is 1. The van der Waals surface area contributed by atoms with Crippen LogP contribution in [0.3, 0.4) is 0 Å². The van der Waals surface area contributed by atoms with Crippen LogP contribution in [0.15, 0.2) is 36.5 Å². The van der Waals surface area contributed by atoms with Crippen LogP contribution in [0.4, 0.5) is 0 Å². The summed E-state index contributed by atoms with van der Waals surface area (Å²) < 4.78 is 6.05. The van der Waals surface area contributed by atoms with Gasteiger partial charge in [-0.3, -0.25) is 9.89 Å². The lowest BCUT2D eigenvalue weighted by Gasteiger charge is -2.32. The largest absolute Gasteiger partial charge is 0.490 e. The third-order valence-corrected chi connectivity index (χ3v) is 5.36. The maximum atomic E-state index is 12.9. The number of amides is 1. The Bertz CT molecular complexity index is 707. The minimum atomic E-state index is 0.0982. The molecule has 1 aliphatic carbocycles. The zero-order valence-corrected chi connectivity index (χ0v) is 14.5. The van der Waals surface area contributed by atoms with Crippen molar-refractivity contribution in [2.45, 2.75) is 50.5 Å². The van der Waals surface area contributed by atoms with Crippen LogP contribution in [-0.4, -0.2) is 40.2 Å². The second-order valence-electron chi connectivity index (χ2n) is 7.15. The Kier molecular flexibility index (Phi) is 4.72. The standard InChI is InChI=1S/C20H25N3O2/c24-20(23-12-4-6-16(14-23)19-10-11-21-22-19)15-5-3-9-18(13-15)25-17-7-1-2-8-17/h3,5,9-11,13,16-17H,1-2,4,6-8,12,14H2,(H,21,22)/t16-/m0/s1. The van der Waals surface area contributed by atoms with Crippen molar-refractivity contribution in [3.05, 3.63) is 47.8 Å². The molecule has 1 aromatic heterocycles. The van der Waals surface area contributed by atoms with Gasteiger partial charge in [-0.25, -0.2) is 0 Å². The van der Waals surface area contributed by atoms with Gasteiger partial charge in [0, 0.05) is 36.5 Å². The molecule has 2 aliphatic rings. The lowest BCUT2D eigenvalue weighted by Crippen LogP contribution is -2.39. The number of nitrogens with zero attached hydrogens (tertiary/aromatic N) is 2. The average Bonchev–Trinajstić information content (AvgIpc) is 3.35. The molecule has 25 heavy (non-hydrogen) atoms. The average molecular weight is 339 g/mol. The fourth-order valence-electron chi connectivity index (χ4n) is 3.99. The van der Waals surface area contributed by atoms with Crippen molar-refractivity contribution >= 4 is 5.91 Å². The van der Waals surface area contributed by atoms with Crippen LogP contribution in [0.25, 0.3) is 0 Å². The van der Waals surface area contributed by atoms with E-state index in [0.29, 0.717) is 12.0 Å². The predicted molar refractivity (Wildman–Crippen MR) is 95.8 cm³/mol. The summed E-state index contributed by atoms with van der Waals surface area (Å²) in [5.74, 6) is 1.26. The van der Waals surface area contributed by atoms with Crippen LogP contribution in [-0.2, 0) is 0 Å². The van der Waals surface area contributed by atoms with Gasteiger partial charge in [0.25, 0.3) is 5.91 Å². The summed E-state index contributed by atoms with van der Waals surface area (Å²) in [4.78, 5) is 14.9. The summed E-state index contributed by atoms with van der Waals surface area (Å²) in [6, 6.07) is 9.69. The summed E-state index contributed by atoms with van der Waals surface area (Å²) in [6.07, 6.45) is 8.93. The molecule has 5 nitrogen and oxygen atoms in total. The molecule has 2 aromatic rings. The van der Waals surface area contributed by atoms with E-state index in [1.807, 2.05) is 35.2 Å². The summed E-state index contributed by atoms with van der Waals surface area (Å²) >= 11 is 0. The van der Waals surface area contributed by atoms with E-state index in [2.05, 4.69) is 10.2 Å². The highest BCUT2D eigenvalue weighted by Gasteiger charge is 2.26. The van der Waals surface area contributed by atoms with Crippen LogP contribution >= 0.6 is 0 Å². The Hall–Kier alpha value is -2.30. The summed E-state index contributed by atoms with van der Waals surface area (Å²) in [7, 11) is 0. The minimum absolute atomic E-state index is 0.0982. The molecule has 2 fully saturated rings. The molecule has 5 heteroatoms. The van der Waals surface area contributed by atoms with Gasteiger partial charge in [0.1, 0.15) is 5.75 Å². The van der Waals surface area contributed by atoms with E-state index in [-0.39, 0.29) is 5.91 Å². The van der Waals surface area contributed by atoms with Gasteiger partial charge in [0.2, 0.25) is 0 Å². The van der Waals surface area contributed by atoms with Gasteiger partial charge in [-0.1, -0.05) is 6.07 Å². The van der Waals surface area contributed by atoms with E-state index in [1.54, 1.807) is 6.20 Å². The molecule has 1 saturated heterocycles. The number of ether oxygens (including phenoxy) is 1. The number of rotatable bonds is 4. The predicted octanol–water partition coefficient (Wildman–Crippen LogP) is 3.75. The lowest BCUT2D eigenvalue weighted by molar-refractivity contribution is 0.0705. The third kappa shape index (κ3) is 3.70. The molecule has 132 valence electrons. The number of carbonyl (C=O) groups excluding carboxylic acids is 1. The van der Waals surface area contributed by atoms with Crippen LogP contribution < -0.4 is 4.74 Å². The third-order valence-electron chi connectivity index (χ3n) is 5.36. The normalized spacial score (nSPS) is 21.4. The molecule has 0 unspecified atom stereocenters. The van der Waals surface area contributed by atoms with Gasteiger partial charge in [0.05, 0.1) is 6.10 Å². The van der Waals surface area contributed by atoms with Gasteiger partial charge in [-0.05, 0) is 62.8 Å². The Morgan fingerprint density at radius 1 is 1.16 bits per heavy atom. The topological polar surface area (TPSA) is 58.2 Å². The Balaban J connectivity index is 1.44. The van der Waals surface area contributed by atoms with E-state index in [4.69, 9.17) is 4.74 Å². The van der Waals surface area contributed by atoms with E-state index in [0.717, 1.165) is 55.8 Å². The first-order valence-electron chi connectivity index (χ1n) is 9.35. The number of aromatic nitrogens is 2. The second kappa shape index (κ2) is 7.30. The number of nitrogens with one attached hydrogen (secondary N) is 1. The molecule has 1 atom stereocenters. The number of carbonyl (C=O) groups is 1. The maximum Gasteiger partial charge on any atom is 0.254 e. The van der Waals surface area contributed by atoms with Gasteiger partial charge >= 0.3 is 0 Å². The maximum absolute atomic E-state index is 12.9. The first-order valence-corrected chi connectivity index (χ1v) is 9.35. The molecular weight excluding hydrogens is 314 g/mol. The van der Waals surface area contributed by atoms with Gasteiger partial charge in [0.15, 0.2) is 0 Å². The number of hydrogen-bond acceptors (Lipinski definition) is 3. The Labute approximate surface area is 148 Å². The van der Waals surface area contributed by atoms with Crippen molar-refractivity contribution in [2.75, 3.05) is 13.1 Å². The number of benzene rings is 1. The number of hydrogen-bond donors (Lipinski definition) is 1. The highest BCUT2D eigenvalue weighted by atomic mass is 16.5. The SMILES string of the molecule is O=C(c1cccc(OC2CCCC2)c1)N1CCC[C@H](c2ccn[nH]2)C1. The molecule has 4 rings (SSSR count). The van der Waals surface area contributed by atoms with Crippen molar-refractivity contribution in [3.63, 3.8) is 0 Å². The van der Waals surface area contributed by atoms with Gasteiger partial charge in [-0.2, -0.15) is 5.10 Å². The van der Waals surface area contributed by atoms with Crippen molar-refractivity contribution < 1.29 is 9.53 Å². The van der Waals surface area contributed by atoms with Crippen LogP contribution in [0.5, 0.6) is 5.75 Å². The fourth-order valence-corrected chi connectivity index (χ4v) is 3.99. The molecule has 1 N–H and O–H groups in total. The summed E-state index contributed by atoms with van der Waals surface area (Å²) in [5, 5.41) is 7.09. The first-order chi connectivity index (χ1) is 12.3. The smallest absolute Gasteiger partial charge is 0.254 e. The van der Waals surface area contributed by atoms with Gasteiger partial charge < -0.3 is 9.64 Å². The molecule has 0 bridgehead atoms. The van der Waals surface area contributed by atoms with E-state index < -0.39 is 0 Å². The number of aromatic amines is 1. The van der Waals surface area contributed by atoms with E-state index in [9.17, 15) is 4.79 Å². The Morgan fingerprint density at radius 2 is 2.04 bits per heavy atom. The summed E-state index contributed by atoms with van der Waals surface area (Å²) in [5.41, 5.74) is 1.84. The molecular formula is C20H25N3O2. The van der Waals surface area contributed by atoms with Crippen LogP contribution in [0.1, 0.15) is 60.5 Å². The molecule has 1 aliphatic heterocycles. The van der Waals surface area contributed by atoms with Crippen molar-refractivity contribution in [1.29, 1.82) is 0 Å². The highest BCUT2D eigenvalue weighted by Crippen LogP contribution is 2.28. The molecule has 2 heterocycles. The zero-order valence-electron chi connectivity index (χ0n) is 14.5. The van der Waals surface area contributed by atoms with Gasteiger partial charge in [-0.15, -0.1) is 0 Å². The molecule has 0 radical (unpaired) electrons. The minimum Gasteiger partial charge on any atom is -0.490 e. The number of piperidine rings is 1. The zero-order chi connectivity index (χ0) is 17.1. The fraction of sp³-hybridized carbons (Fsp3) is 0.500. The van der Waals surface area contributed by atoms with Crippen molar-refractivity contribution in [2.24, 2.45) is 0 Å². The van der Waals surface area contributed by atoms with Crippen molar-refractivity contribution in [1.82, 2.24) is 15.1 Å². The molecule has 1 saturated carbocycles. The van der Waals surface area contributed by atoms with E-state index in [1.165, 1.54) is 12.8 Å². The Morgan fingerprint density at radius 3 is 2.84 bits per heavy atom. The molecule has 0 spiro atoms. The molecule has 1 amide bonds. The van der Waals surface area contributed by atoms with Crippen LogP contribution in [0.2, 0.25) is 0 Å². The van der Waals surface area contributed by atoms with E-state index >= 15 is 0 Å².